The molecule has 3 aromatic heterocycles. The summed E-state index contributed by atoms with van der Waals surface area (Å²) >= 11 is 3.23. The van der Waals surface area contributed by atoms with Gasteiger partial charge in [0.05, 0.1) is 0 Å². The van der Waals surface area contributed by atoms with Crippen LogP contribution in [0.15, 0.2) is 65.3 Å². The van der Waals surface area contributed by atoms with E-state index in [2.05, 4.69) is 4.98 Å². The summed E-state index contributed by atoms with van der Waals surface area (Å²) in [5.41, 5.74) is 0.956. The van der Waals surface area contributed by atoms with E-state index in [9.17, 15) is 14.9 Å². The Morgan fingerprint density at radius 2 is 2.04 bits per heavy atom. The van der Waals surface area contributed by atoms with Gasteiger partial charge in [0, 0.05) is 15.7 Å². The van der Waals surface area contributed by atoms with Gasteiger partial charge in [-0.15, -0.1) is 22.7 Å². The van der Waals surface area contributed by atoms with Gasteiger partial charge >= 0.3 is 5.82 Å². The zero-order chi connectivity index (χ0) is 18.8. The van der Waals surface area contributed by atoms with Crippen LogP contribution in [0.1, 0.15) is 28.1 Å². The average Bonchev–Trinajstić information content (AvgIpc) is 3.41. The number of imidazole rings is 1. The van der Waals surface area contributed by atoms with E-state index in [1.54, 1.807) is 33.3 Å². The van der Waals surface area contributed by atoms with Gasteiger partial charge in [0.1, 0.15) is 12.2 Å². The summed E-state index contributed by atoms with van der Waals surface area (Å²) < 4.78 is 1.57. The van der Waals surface area contributed by atoms with Crippen LogP contribution in [0.25, 0.3) is 6.08 Å². The second kappa shape index (κ2) is 7.42. The van der Waals surface area contributed by atoms with Crippen LogP contribution in [0.4, 0.5) is 5.82 Å². The molecule has 1 aliphatic rings. The first kappa shape index (κ1) is 17.6. The number of hydrogen-bond donors (Lipinski definition) is 0. The lowest BCUT2D eigenvalue weighted by molar-refractivity contribution is -0.389. The number of thiophene rings is 2. The minimum atomic E-state index is -0.547. The lowest BCUT2D eigenvalue weighted by Crippen LogP contribution is -2.27. The predicted octanol–water partition coefficient (Wildman–Crippen LogP) is 4.85. The third-order valence-corrected chi connectivity index (χ3v) is 6.31. The van der Waals surface area contributed by atoms with E-state index in [0.29, 0.717) is 6.42 Å². The number of nitro groups is 1. The molecule has 1 aliphatic carbocycles. The van der Waals surface area contributed by atoms with Crippen LogP contribution in [0, 0.1) is 10.1 Å². The molecule has 0 saturated heterocycles. The molecule has 0 saturated carbocycles. The summed E-state index contributed by atoms with van der Waals surface area (Å²) in [6.45, 7) is 0. The molecule has 0 amide bonds. The van der Waals surface area contributed by atoms with Crippen LogP contribution in [0.2, 0.25) is 0 Å². The normalized spacial score (nSPS) is 20.1. The first-order valence-corrected chi connectivity index (χ1v) is 10.0. The zero-order valence-corrected chi connectivity index (χ0v) is 15.7. The van der Waals surface area contributed by atoms with Crippen LogP contribution in [0.5, 0.6) is 0 Å². The van der Waals surface area contributed by atoms with Crippen LogP contribution < -0.4 is 0 Å². The number of hydrogen-bond acceptors (Lipinski definition) is 6. The van der Waals surface area contributed by atoms with Gasteiger partial charge < -0.3 is 10.1 Å². The summed E-state index contributed by atoms with van der Waals surface area (Å²) in [7, 11) is 0. The lowest BCUT2D eigenvalue weighted by Gasteiger charge is -2.29. The largest absolute Gasteiger partial charge is 0.381 e. The van der Waals surface area contributed by atoms with Crippen molar-refractivity contribution < 1.29 is 9.72 Å². The van der Waals surface area contributed by atoms with Gasteiger partial charge in [0.25, 0.3) is 0 Å². The number of allylic oxidation sites excluding steroid dienone is 3. The molecule has 3 aromatic rings. The van der Waals surface area contributed by atoms with Gasteiger partial charge in [0.2, 0.25) is 6.33 Å². The number of aromatic nitrogens is 2. The Morgan fingerprint density at radius 1 is 1.22 bits per heavy atom. The number of nitrogens with zero attached hydrogens (tertiary/aromatic N) is 3. The first-order valence-electron chi connectivity index (χ1n) is 8.29. The average molecular weight is 397 g/mol. The molecule has 0 fully saturated rings. The van der Waals surface area contributed by atoms with Gasteiger partial charge in [0.15, 0.2) is 5.78 Å². The van der Waals surface area contributed by atoms with Crippen molar-refractivity contribution in [2.75, 3.05) is 0 Å². The molecule has 0 bridgehead atoms. The molecular weight excluding hydrogens is 382 g/mol. The molecule has 8 heteroatoms. The highest BCUT2D eigenvalue weighted by atomic mass is 32.1. The smallest absolute Gasteiger partial charge is 0.358 e. The van der Waals surface area contributed by atoms with Gasteiger partial charge in [-0.05, 0) is 56.9 Å². The number of ketones is 1. The zero-order valence-electron chi connectivity index (χ0n) is 14.1. The SMILES string of the molecule is O=C1C=C(C=Cc2cccs2)C[C@H](c2cccs2)[C@H]1n1cnc([N+](=O)[O-])c1. The monoisotopic (exact) mass is 397 g/mol. The number of carbonyl (C=O) groups excluding carboxylic acids is 1. The Hall–Kier alpha value is -2.84. The minimum Gasteiger partial charge on any atom is -0.358 e. The molecule has 6 nitrogen and oxygen atoms in total. The van der Waals surface area contributed by atoms with Gasteiger partial charge in [-0.3, -0.25) is 9.36 Å². The molecule has 136 valence electrons. The third kappa shape index (κ3) is 3.67. The maximum atomic E-state index is 12.9. The lowest BCUT2D eigenvalue weighted by atomic mass is 9.82. The van der Waals surface area contributed by atoms with Crippen molar-refractivity contribution in [2.24, 2.45) is 0 Å². The number of carbonyl (C=O) groups is 1. The third-order valence-electron chi connectivity index (χ3n) is 4.47. The fourth-order valence-electron chi connectivity index (χ4n) is 3.27. The molecule has 3 heterocycles. The predicted molar refractivity (Wildman–Crippen MR) is 106 cm³/mol. The van der Waals surface area contributed by atoms with Crippen LogP contribution in [-0.4, -0.2) is 20.3 Å². The molecule has 2 atom stereocenters. The van der Waals surface area contributed by atoms with E-state index in [1.807, 2.05) is 47.2 Å². The Bertz CT molecular complexity index is 1020. The van der Waals surface area contributed by atoms with E-state index in [-0.39, 0.29) is 17.5 Å². The summed E-state index contributed by atoms with van der Waals surface area (Å²) in [6.07, 6.45) is 9.04. The summed E-state index contributed by atoms with van der Waals surface area (Å²) in [5.74, 6) is -0.405. The van der Waals surface area contributed by atoms with Crippen LogP contribution in [0.3, 0.4) is 0 Å². The highest BCUT2D eigenvalue weighted by Crippen LogP contribution is 2.41. The molecule has 27 heavy (non-hydrogen) atoms. The van der Waals surface area contributed by atoms with Crippen molar-refractivity contribution in [2.45, 2.75) is 18.4 Å². The van der Waals surface area contributed by atoms with Crippen molar-refractivity contribution in [1.82, 2.24) is 9.55 Å². The molecule has 0 aromatic carbocycles. The maximum absolute atomic E-state index is 12.9. The molecule has 0 aliphatic heterocycles. The molecule has 0 N–H and O–H groups in total. The van der Waals surface area contributed by atoms with Crippen molar-refractivity contribution >= 4 is 40.4 Å². The molecule has 4 rings (SSSR count). The van der Waals surface area contributed by atoms with E-state index in [4.69, 9.17) is 0 Å². The summed E-state index contributed by atoms with van der Waals surface area (Å²) in [4.78, 5) is 29.4. The van der Waals surface area contributed by atoms with Gasteiger partial charge in [-0.2, -0.15) is 0 Å². The van der Waals surface area contributed by atoms with Gasteiger partial charge in [-0.25, -0.2) is 0 Å². The highest BCUT2D eigenvalue weighted by molar-refractivity contribution is 7.10. The molecule has 0 spiro atoms. The fraction of sp³-hybridized carbons (Fsp3) is 0.158. The van der Waals surface area contributed by atoms with Crippen molar-refractivity contribution in [1.29, 1.82) is 0 Å². The summed E-state index contributed by atoms with van der Waals surface area (Å²) in [6, 6.07) is 7.45. The Morgan fingerprint density at radius 3 is 2.70 bits per heavy atom. The van der Waals surface area contributed by atoms with E-state index >= 15 is 0 Å². The van der Waals surface area contributed by atoms with Crippen LogP contribution >= 0.6 is 22.7 Å². The van der Waals surface area contributed by atoms with Crippen molar-refractivity contribution in [3.8, 4) is 0 Å². The second-order valence-corrected chi connectivity index (χ2v) is 8.14. The van der Waals surface area contributed by atoms with Gasteiger partial charge in [-0.1, -0.05) is 18.2 Å². The topological polar surface area (TPSA) is 78.0 Å². The Kier molecular flexibility index (Phi) is 4.83. The van der Waals surface area contributed by atoms with Crippen molar-refractivity contribution in [3.63, 3.8) is 0 Å². The van der Waals surface area contributed by atoms with Crippen LogP contribution in [-0.2, 0) is 4.79 Å². The number of rotatable bonds is 5. The molecule has 0 unspecified atom stereocenters. The highest BCUT2D eigenvalue weighted by Gasteiger charge is 2.35. The quantitative estimate of drug-likeness (QED) is 0.455. The molecule has 0 radical (unpaired) electrons. The second-order valence-electron chi connectivity index (χ2n) is 6.18. The summed E-state index contributed by atoms with van der Waals surface area (Å²) in [5, 5.41) is 15.0. The molecular formula is C19H15N3O3S2. The van der Waals surface area contributed by atoms with E-state index in [0.717, 1.165) is 15.3 Å². The first-order chi connectivity index (χ1) is 13.1. The van der Waals surface area contributed by atoms with Crippen molar-refractivity contribution in [3.05, 3.63) is 85.1 Å². The Balaban J connectivity index is 1.68. The fourth-order valence-corrected chi connectivity index (χ4v) is 4.74. The van der Waals surface area contributed by atoms with E-state index < -0.39 is 11.0 Å². The standard InChI is InChI=1S/C19H15N3O3S2/c23-16-10-13(5-6-14-3-1-7-26-14)9-15(17-4-2-8-27-17)19(16)21-11-18(20-12-21)22(24)25/h1-8,10-12,15,19H,9H2/t15-,19-/m1/s1. The van der Waals surface area contributed by atoms with E-state index in [1.165, 1.54) is 12.5 Å². The maximum Gasteiger partial charge on any atom is 0.381 e. The minimum absolute atomic E-state index is 0.0715. The Labute approximate surface area is 163 Å².